The Kier molecular flexibility index (Phi) is 41.6. The molecule has 0 saturated heterocycles. The van der Waals surface area contributed by atoms with Crippen molar-refractivity contribution in [3.8, 4) is 23.7 Å². The fourth-order valence-electron chi connectivity index (χ4n) is 6.97. The summed E-state index contributed by atoms with van der Waals surface area (Å²) in [6.45, 7) is 65.4. The Labute approximate surface area is 367 Å². The Balaban J connectivity index is -0.0000000920. The van der Waals surface area contributed by atoms with Gasteiger partial charge in [-0.15, -0.1) is 0 Å². The SMILES string of the molecule is CC(C)(C)[PH+](C[PH+](C(C)(C)C)C(C)(C)C)C(C)(C)C.CC(C)(C)[PH+](C[PH+](C(C)(C)C)C(C)(C)C)C(C)(C)C.[C-]#CC.[C-]#CC.[C-]#CC.[C-]#CC.[Pt+2].[Pt+2]. The van der Waals surface area contributed by atoms with Crippen molar-refractivity contribution in [3.63, 3.8) is 0 Å². The second-order valence-corrected chi connectivity index (χ2v) is 39.9. The molecule has 0 N–H and O–H groups in total. The van der Waals surface area contributed by atoms with E-state index in [1.54, 1.807) is 27.7 Å². The summed E-state index contributed by atoms with van der Waals surface area (Å²) in [5.74, 6) is 11.0. The van der Waals surface area contributed by atoms with Crippen LogP contribution in [0.15, 0.2) is 0 Å². The molecule has 0 rings (SSSR count). The maximum Gasteiger partial charge on any atom is 2.00 e. The van der Waals surface area contributed by atoms with Crippen LogP contribution in [0.5, 0.6) is 0 Å². The molecular weight excluding hydrogens is 1070 g/mol. The van der Waals surface area contributed by atoms with E-state index in [9.17, 15) is 0 Å². The molecule has 0 heterocycles. The summed E-state index contributed by atoms with van der Waals surface area (Å²) in [7, 11) is -1.58. The summed E-state index contributed by atoms with van der Waals surface area (Å²) >= 11 is 0. The van der Waals surface area contributed by atoms with Gasteiger partial charge in [0.1, 0.15) is 0 Å². The van der Waals surface area contributed by atoms with Crippen LogP contribution in [0.2, 0.25) is 0 Å². The van der Waals surface area contributed by atoms with E-state index in [1.165, 1.54) is 11.8 Å². The average molecular weight is 1160 g/mol. The molecule has 0 atom stereocenters. The van der Waals surface area contributed by atoms with Gasteiger partial charge in [-0.05, 0) is 194 Å². The average Bonchev–Trinajstić information content (AvgIpc) is 2.74. The van der Waals surface area contributed by atoms with Crippen molar-refractivity contribution in [2.45, 2.75) is 235 Å². The minimum Gasteiger partial charge on any atom is -0.694 e. The molecule has 0 aliphatic carbocycles. The molecule has 0 aromatic carbocycles. The maximum absolute atomic E-state index is 5.96. The first kappa shape index (κ1) is 71.1. The molecule has 0 aromatic heterocycles. The zero-order valence-electron chi connectivity index (χ0n) is 40.0. The fraction of sp³-hybridized carbons (Fsp3) is 0.826. The van der Waals surface area contributed by atoms with Gasteiger partial charge in [0.25, 0.3) is 0 Å². The van der Waals surface area contributed by atoms with Crippen LogP contribution < -0.4 is 0 Å². The van der Waals surface area contributed by atoms with E-state index in [1.807, 2.05) is 23.7 Å². The first-order chi connectivity index (χ1) is 21.6. The van der Waals surface area contributed by atoms with E-state index in [4.69, 9.17) is 25.7 Å². The van der Waals surface area contributed by atoms with Gasteiger partial charge < -0.3 is 49.4 Å². The summed E-state index contributed by atoms with van der Waals surface area (Å²) in [4.78, 5) is 0. The normalized spacial score (nSPS) is 11.9. The smallest absolute Gasteiger partial charge is 0.694 e. The van der Waals surface area contributed by atoms with E-state index in [0.717, 1.165) is 0 Å². The Morgan fingerprint density at radius 1 is 0.269 bits per heavy atom. The van der Waals surface area contributed by atoms with Crippen molar-refractivity contribution in [2.24, 2.45) is 0 Å². The molecule has 0 spiro atoms. The molecule has 52 heavy (non-hydrogen) atoms. The fourth-order valence-corrected chi connectivity index (χ4v) is 35.8. The van der Waals surface area contributed by atoms with E-state index in [0.29, 0.717) is 41.2 Å². The van der Waals surface area contributed by atoms with Gasteiger partial charge >= 0.3 is 42.1 Å². The van der Waals surface area contributed by atoms with Gasteiger partial charge in [0, 0.05) is 31.7 Å². The maximum atomic E-state index is 5.96. The van der Waals surface area contributed by atoms with Gasteiger partial charge in [-0.2, -0.15) is 0 Å². The van der Waals surface area contributed by atoms with Gasteiger partial charge in [0.15, 0.2) is 11.8 Å². The Morgan fingerprint density at radius 2 is 0.327 bits per heavy atom. The van der Waals surface area contributed by atoms with Crippen LogP contribution in [-0.4, -0.2) is 53.1 Å². The van der Waals surface area contributed by atoms with Crippen LogP contribution in [0.25, 0.3) is 0 Å². The van der Waals surface area contributed by atoms with Gasteiger partial charge in [-0.25, -0.2) is 0 Å². The molecule has 0 nitrogen and oxygen atoms in total. The third kappa shape index (κ3) is 39.6. The number of hydrogen-bond donors (Lipinski definition) is 0. The van der Waals surface area contributed by atoms with Crippen LogP contribution in [0.3, 0.4) is 0 Å². The van der Waals surface area contributed by atoms with E-state index >= 15 is 0 Å². The minimum absolute atomic E-state index is 0. The Hall–Kier alpha value is 1.34. The van der Waals surface area contributed by atoms with Crippen molar-refractivity contribution < 1.29 is 42.1 Å². The summed E-state index contributed by atoms with van der Waals surface area (Å²) in [5, 5.41) is 3.96. The number of hydrogen-bond acceptors (Lipinski definition) is 0. The summed E-state index contributed by atoms with van der Waals surface area (Å²) < 4.78 is 0. The molecule has 0 bridgehead atoms. The molecule has 0 unspecified atom stereocenters. The molecule has 0 aliphatic heterocycles. The van der Waals surface area contributed by atoms with Gasteiger partial charge in [-0.1, -0.05) is 0 Å². The predicted molar refractivity (Wildman–Crippen MR) is 252 cm³/mol. The summed E-state index contributed by atoms with van der Waals surface area (Å²) in [6, 6.07) is 0. The van der Waals surface area contributed by atoms with E-state index < -0.39 is 31.7 Å². The van der Waals surface area contributed by atoms with Crippen LogP contribution in [0, 0.1) is 49.4 Å². The molecule has 312 valence electrons. The summed E-state index contributed by atoms with van der Waals surface area (Å²) in [6.07, 6.45) is 23.8. The molecule has 0 amide bonds. The predicted octanol–water partition coefficient (Wildman–Crippen LogP) is 15.5. The standard InChI is InChI=1S/2C17H38P2.4C3H3.2Pt/c2*1-14(2,3)18(15(4,5)6)13-19(16(7,8)9)17(10,11)12;4*1-3-2;;/h2*13H2,1-12H3;4*1H3;;/q;;4*-1;2*+2/p+4. The largest absolute Gasteiger partial charge is 2.00 e. The minimum atomic E-state index is -0.394. The molecule has 6 heteroatoms. The Morgan fingerprint density at radius 3 is 0.365 bits per heavy atom. The van der Waals surface area contributed by atoms with Crippen molar-refractivity contribution in [1.29, 1.82) is 0 Å². The second-order valence-electron chi connectivity index (χ2n) is 21.3. The second kappa shape index (κ2) is 30.4. The topological polar surface area (TPSA) is 0 Å². The molecule has 0 radical (unpaired) electrons. The van der Waals surface area contributed by atoms with Crippen molar-refractivity contribution >= 4 is 31.7 Å². The quantitative estimate of drug-likeness (QED) is 0.150. The third-order valence-corrected chi connectivity index (χ3v) is 28.1. The first-order valence-corrected chi connectivity index (χ1v) is 25.2. The van der Waals surface area contributed by atoms with Crippen LogP contribution in [-0.2, 0) is 42.1 Å². The molecular formula is C46H92P4Pt2+4. The Bertz CT molecular complexity index is 798. The first-order valence-electron chi connectivity index (χ1n) is 18.4. The van der Waals surface area contributed by atoms with Crippen LogP contribution in [0.4, 0.5) is 0 Å². The van der Waals surface area contributed by atoms with Crippen molar-refractivity contribution in [1.82, 2.24) is 0 Å². The zero-order valence-corrected chi connectivity index (χ0v) is 48.6. The molecule has 0 aromatic rings. The third-order valence-electron chi connectivity index (χ3n) is 7.95. The van der Waals surface area contributed by atoms with E-state index in [-0.39, 0.29) is 42.1 Å². The van der Waals surface area contributed by atoms with Crippen molar-refractivity contribution in [3.05, 3.63) is 25.7 Å². The van der Waals surface area contributed by atoms with Crippen LogP contribution >= 0.6 is 31.7 Å². The van der Waals surface area contributed by atoms with Gasteiger partial charge in [-0.3, -0.25) is 0 Å². The summed E-state index contributed by atoms with van der Waals surface area (Å²) in [5.41, 5.74) is 0. The molecule has 0 saturated carbocycles. The van der Waals surface area contributed by atoms with Gasteiger partial charge in [0.2, 0.25) is 0 Å². The van der Waals surface area contributed by atoms with Crippen molar-refractivity contribution in [2.75, 3.05) is 11.8 Å². The monoisotopic (exact) mass is 1160 g/mol. The van der Waals surface area contributed by atoms with Gasteiger partial charge in [0.05, 0.1) is 41.2 Å². The number of rotatable bonds is 4. The van der Waals surface area contributed by atoms with E-state index in [2.05, 4.69) is 166 Å². The zero-order chi connectivity index (χ0) is 42.6. The molecule has 0 fully saturated rings. The van der Waals surface area contributed by atoms with Crippen LogP contribution in [0.1, 0.15) is 194 Å². The molecule has 0 aliphatic rings.